The first-order valence-electron chi connectivity index (χ1n) is 7.99. The largest absolute Gasteiger partial charge is 0.493 e. The number of ether oxygens (including phenoxy) is 1. The lowest BCUT2D eigenvalue weighted by molar-refractivity contribution is 0.336. The smallest absolute Gasteiger partial charge is 0.244 e. The Balaban J connectivity index is 1.53. The van der Waals surface area contributed by atoms with Gasteiger partial charge in [0.2, 0.25) is 21.7 Å². The lowest BCUT2D eigenvalue weighted by Gasteiger charge is -2.14. The molecule has 3 aromatic rings. The predicted molar refractivity (Wildman–Crippen MR) is 91.8 cm³/mol. The van der Waals surface area contributed by atoms with Crippen molar-refractivity contribution >= 4 is 10.0 Å². The fourth-order valence-electron chi connectivity index (χ4n) is 2.72. The minimum Gasteiger partial charge on any atom is -0.493 e. The summed E-state index contributed by atoms with van der Waals surface area (Å²) in [4.78, 5) is 8.27. The van der Waals surface area contributed by atoms with E-state index in [0.717, 1.165) is 27.6 Å². The van der Waals surface area contributed by atoms with Crippen LogP contribution in [0.15, 0.2) is 52.1 Å². The minimum absolute atomic E-state index is 0.0295. The Morgan fingerprint density at radius 3 is 2.96 bits per heavy atom. The van der Waals surface area contributed by atoms with Crippen LogP contribution < -0.4 is 4.74 Å². The Hall–Kier alpha value is -2.78. The normalized spacial score (nSPS) is 13.6. The lowest BCUT2D eigenvalue weighted by Crippen LogP contribution is -2.26. The number of aromatic nitrogens is 3. The third kappa shape index (κ3) is 3.06. The molecule has 0 aliphatic carbocycles. The molecule has 0 radical (unpaired) electrons. The van der Waals surface area contributed by atoms with Crippen molar-refractivity contribution in [1.82, 2.24) is 19.4 Å². The zero-order valence-electron chi connectivity index (χ0n) is 14.0. The molecule has 134 valence electrons. The summed E-state index contributed by atoms with van der Waals surface area (Å²) in [5, 5.41) is 3.96. The Morgan fingerprint density at radius 1 is 1.27 bits per heavy atom. The molecule has 26 heavy (non-hydrogen) atoms. The maximum Gasteiger partial charge on any atom is 0.244 e. The summed E-state index contributed by atoms with van der Waals surface area (Å²) in [5.41, 5.74) is 1.91. The molecule has 1 aromatic carbocycles. The summed E-state index contributed by atoms with van der Waals surface area (Å²) in [5.74, 6) is 1.51. The topological polar surface area (TPSA) is 98.4 Å². The van der Waals surface area contributed by atoms with Crippen LogP contribution in [0.4, 0.5) is 0 Å². The van der Waals surface area contributed by atoms with Gasteiger partial charge in [0.1, 0.15) is 10.6 Å². The van der Waals surface area contributed by atoms with E-state index in [1.807, 2.05) is 18.2 Å². The second-order valence-electron chi connectivity index (χ2n) is 5.88. The lowest BCUT2D eigenvalue weighted by atomic mass is 10.1. The summed E-state index contributed by atoms with van der Waals surface area (Å²) in [6, 6.07) is 8.77. The van der Waals surface area contributed by atoms with Crippen LogP contribution in [0, 0.1) is 0 Å². The van der Waals surface area contributed by atoms with Gasteiger partial charge in [-0.1, -0.05) is 5.16 Å². The van der Waals surface area contributed by atoms with Gasteiger partial charge in [-0.2, -0.15) is 9.29 Å². The molecule has 8 nitrogen and oxygen atoms in total. The molecule has 0 amide bonds. The molecule has 0 unspecified atom stereocenters. The van der Waals surface area contributed by atoms with Crippen LogP contribution >= 0.6 is 0 Å². The van der Waals surface area contributed by atoms with E-state index < -0.39 is 10.0 Å². The first-order chi connectivity index (χ1) is 12.5. The summed E-state index contributed by atoms with van der Waals surface area (Å²) in [6.07, 6.45) is 3.67. The van der Waals surface area contributed by atoms with Crippen LogP contribution in [-0.2, 0) is 23.0 Å². The number of rotatable bonds is 5. The van der Waals surface area contributed by atoms with Crippen LogP contribution in [0.1, 0.15) is 11.5 Å². The molecule has 0 bridgehead atoms. The molecule has 0 N–H and O–H groups in total. The van der Waals surface area contributed by atoms with E-state index in [4.69, 9.17) is 9.26 Å². The van der Waals surface area contributed by atoms with Crippen molar-refractivity contribution in [2.75, 3.05) is 13.7 Å². The Kier molecular flexibility index (Phi) is 4.17. The van der Waals surface area contributed by atoms with Gasteiger partial charge in [0, 0.05) is 31.4 Å². The molecule has 1 aliphatic rings. The van der Waals surface area contributed by atoms with Crippen LogP contribution in [0.2, 0.25) is 0 Å². The Labute approximate surface area is 150 Å². The highest BCUT2D eigenvalue weighted by molar-refractivity contribution is 7.89. The van der Waals surface area contributed by atoms with E-state index in [2.05, 4.69) is 15.1 Å². The highest BCUT2D eigenvalue weighted by atomic mass is 32.2. The molecule has 0 fully saturated rings. The maximum absolute atomic E-state index is 12.5. The van der Waals surface area contributed by atoms with Crippen molar-refractivity contribution in [3.63, 3.8) is 0 Å². The summed E-state index contributed by atoms with van der Waals surface area (Å²) < 4.78 is 36.9. The van der Waals surface area contributed by atoms with Crippen LogP contribution in [0.5, 0.6) is 5.75 Å². The Bertz CT molecular complexity index is 1030. The number of hydrogen-bond donors (Lipinski definition) is 0. The minimum atomic E-state index is -3.67. The van der Waals surface area contributed by atoms with Crippen molar-refractivity contribution in [3.05, 3.63) is 54.2 Å². The Morgan fingerprint density at radius 2 is 2.15 bits per heavy atom. The molecule has 2 aromatic heterocycles. The maximum atomic E-state index is 12.5. The average molecular weight is 372 g/mol. The van der Waals surface area contributed by atoms with E-state index in [9.17, 15) is 8.42 Å². The first-order valence-corrected chi connectivity index (χ1v) is 9.43. The van der Waals surface area contributed by atoms with Gasteiger partial charge in [-0.25, -0.2) is 8.42 Å². The first kappa shape index (κ1) is 16.7. The van der Waals surface area contributed by atoms with Crippen molar-refractivity contribution < 1.29 is 17.7 Å². The predicted octanol–water partition coefficient (Wildman–Crippen LogP) is 1.89. The van der Waals surface area contributed by atoms with E-state index in [0.29, 0.717) is 12.4 Å². The van der Waals surface area contributed by atoms with Gasteiger partial charge in [0.05, 0.1) is 13.2 Å². The van der Waals surface area contributed by atoms with E-state index >= 15 is 0 Å². The quantitative estimate of drug-likeness (QED) is 0.674. The molecule has 1 aliphatic heterocycles. The third-order valence-corrected chi connectivity index (χ3v) is 5.90. The molecule has 4 rings (SSSR count). The number of fused-ring (bicyclic) bond motifs is 1. The van der Waals surface area contributed by atoms with Crippen molar-refractivity contribution in [1.29, 1.82) is 0 Å². The highest BCUT2D eigenvalue weighted by Crippen LogP contribution is 2.29. The van der Waals surface area contributed by atoms with Crippen LogP contribution in [0.3, 0.4) is 0 Å². The zero-order chi connectivity index (χ0) is 18.1. The number of nitrogens with zero attached hydrogens (tertiary/aromatic N) is 4. The summed E-state index contributed by atoms with van der Waals surface area (Å²) >= 11 is 0. The zero-order valence-corrected chi connectivity index (χ0v) is 14.8. The van der Waals surface area contributed by atoms with Crippen LogP contribution in [-0.4, -0.2) is 41.5 Å². The van der Waals surface area contributed by atoms with Crippen molar-refractivity contribution in [3.8, 4) is 17.1 Å². The number of hydrogen-bond acceptors (Lipinski definition) is 7. The molecule has 0 saturated carbocycles. The highest BCUT2D eigenvalue weighted by Gasteiger charge is 2.23. The summed E-state index contributed by atoms with van der Waals surface area (Å²) in [7, 11) is -2.22. The van der Waals surface area contributed by atoms with Gasteiger partial charge in [-0.3, -0.25) is 4.98 Å². The molecule has 0 spiro atoms. The monoisotopic (exact) mass is 372 g/mol. The molecule has 3 heterocycles. The second-order valence-corrected chi connectivity index (χ2v) is 7.93. The molecule has 0 atom stereocenters. The molecule has 9 heteroatoms. The van der Waals surface area contributed by atoms with Crippen molar-refractivity contribution in [2.45, 2.75) is 17.9 Å². The fourth-order valence-corrected chi connectivity index (χ4v) is 3.80. The second kappa shape index (κ2) is 6.50. The van der Waals surface area contributed by atoms with Gasteiger partial charge < -0.3 is 9.26 Å². The molecular weight excluding hydrogens is 356 g/mol. The van der Waals surface area contributed by atoms with Gasteiger partial charge >= 0.3 is 0 Å². The van der Waals surface area contributed by atoms with Crippen LogP contribution in [0.25, 0.3) is 11.4 Å². The van der Waals surface area contributed by atoms with Crippen molar-refractivity contribution in [2.24, 2.45) is 0 Å². The van der Waals surface area contributed by atoms with E-state index in [1.165, 1.54) is 25.5 Å². The number of pyridine rings is 1. The van der Waals surface area contributed by atoms with Gasteiger partial charge in [0.15, 0.2) is 0 Å². The van der Waals surface area contributed by atoms with E-state index in [1.54, 1.807) is 6.07 Å². The third-order valence-electron chi connectivity index (χ3n) is 4.12. The SMILES string of the molecule is CN(Cc1nc(-c2ccc3c(c2)CCO3)no1)S(=O)(=O)c1cccnc1. The fraction of sp³-hybridized carbons (Fsp3) is 0.235. The molecular formula is C17H16N4O4S. The van der Waals surface area contributed by atoms with Gasteiger partial charge in [-0.15, -0.1) is 0 Å². The molecule has 0 saturated heterocycles. The van der Waals surface area contributed by atoms with Gasteiger partial charge in [-0.05, 0) is 35.9 Å². The number of sulfonamides is 1. The summed E-state index contributed by atoms with van der Waals surface area (Å²) in [6.45, 7) is 0.644. The van der Waals surface area contributed by atoms with E-state index in [-0.39, 0.29) is 17.3 Å². The number of benzene rings is 1. The average Bonchev–Trinajstić information content (AvgIpc) is 3.30. The van der Waals surface area contributed by atoms with Gasteiger partial charge in [0.25, 0.3) is 0 Å². The standard InChI is InChI=1S/C17H16N4O4S/c1-21(26(22,23)14-3-2-7-18-10-14)11-16-19-17(20-25-16)13-4-5-15-12(9-13)6-8-24-15/h2-5,7,9-10H,6,8,11H2,1H3.